The number of fused-ring (bicyclic) bond motifs is 1. The highest BCUT2D eigenvalue weighted by molar-refractivity contribution is 7.18. The minimum Gasteiger partial charge on any atom is -0.368 e. The number of piperazine rings is 1. The van der Waals surface area contributed by atoms with Gasteiger partial charge in [-0.05, 0) is 57.5 Å². The Kier molecular flexibility index (Phi) is 5.09. The third-order valence-corrected chi connectivity index (χ3v) is 7.33. The Balaban J connectivity index is 1.43. The van der Waals surface area contributed by atoms with E-state index in [9.17, 15) is 0 Å². The molecule has 0 aromatic carbocycles. The van der Waals surface area contributed by atoms with Crippen molar-refractivity contribution in [1.29, 1.82) is 0 Å². The van der Waals surface area contributed by atoms with Crippen LogP contribution >= 0.6 is 11.3 Å². The predicted octanol–water partition coefficient (Wildman–Crippen LogP) is 3.63. The molecule has 0 saturated carbocycles. The molecule has 3 aromatic heterocycles. The van der Waals surface area contributed by atoms with Crippen LogP contribution in [0.4, 0.5) is 11.5 Å². The molecule has 0 amide bonds. The van der Waals surface area contributed by atoms with Crippen LogP contribution in [0.25, 0.3) is 10.2 Å². The predicted molar refractivity (Wildman–Crippen MR) is 120 cm³/mol. The van der Waals surface area contributed by atoms with Crippen molar-refractivity contribution in [3.05, 3.63) is 40.8 Å². The molecule has 6 nitrogen and oxygen atoms in total. The number of thiophene rings is 1. The van der Waals surface area contributed by atoms with Gasteiger partial charge in [-0.1, -0.05) is 0 Å². The number of aryl methyl sites for hydroxylation is 2. The lowest BCUT2D eigenvalue weighted by atomic mass is 10.2. The van der Waals surface area contributed by atoms with Crippen LogP contribution in [0.2, 0.25) is 0 Å². The van der Waals surface area contributed by atoms with E-state index in [0.29, 0.717) is 0 Å². The quantitative estimate of drug-likeness (QED) is 0.657. The van der Waals surface area contributed by atoms with Crippen molar-refractivity contribution >= 4 is 33.1 Å². The van der Waals surface area contributed by atoms with Gasteiger partial charge >= 0.3 is 0 Å². The number of pyridine rings is 1. The molecule has 5 rings (SSSR count). The Hall–Kier alpha value is -2.25. The fraction of sp³-hybridized carbons (Fsp3) is 0.500. The van der Waals surface area contributed by atoms with E-state index in [1.54, 1.807) is 0 Å². The van der Waals surface area contributed by atoms with Gasteiger partial charge in [0.2, 0.25) is 0 Å². The minimum absolute atomic E-state index is 0.871. The van der Waals surface area contributed by atoms with Crippen molar-refractivity contribution < 1.29 is 0 Å². The Morgan fingerprint density at radius 2 is 1.59 bits per heavy atom. The molecule has 0 aliphatic carbocycles. The Morgan fingerprint density at radius 3 is 2.31 bits per heavy atom. The Labute approximate surface area is 176 Å². The van der Waals surface area contributed by atoms with Crippen LogP contribution in [-0.2, 0) is 6.54 Å². The van der Waals surface area contributed by atoms with E-state index in [4.69, 9.17) is 9.97 Å². The zero-order valence-corrected chi connectivity index (χ0v) is 18.1. The molecule has 0 radical (unpaired) electrons. The number of nitrogens with zero attached hydrogens (tertiary/aromatic N) is 6. The highest BCUT2D eigenvalue weighted by atomic mass is 32.1. The van der Waals surface area contributed by atoms with Crippen LogP contribution in [0.15, 0.2) is 24.5 Å². The van der Waals surface area contributed by atoms with Crippen molar-refractivity contribution in [1.82, 2.24) is 19.9 Å². The maximum absolute atomic E-state index is 5.11. The highest BCUT2D eigenvalue weighted by Crippen LogP contribution is 2.35. The van der Waals surface area contributed by atoms with Gasteiger partial charge in [-0.2, -0.15) is 0 Å². The number of anilines is 2. The van der Waals surface area contributed by atoms with Crippen LogP contribution in [0, 0.1) is 13.8 Å². The van der Waals surface area contributed by atoms with E-state index in [2.05, 4.69) is 45.7 Å². The van der Waals surface area contributed by atoms with Gasteiger partial charge in [0.05, 0.1) is 11.9 Å². The smallest absolute Gasteiger partial charge is 0.146 e. The summed E-state index contributed by atoms with van der Waals surface area (Å²) in [5.74, 6) is 2.12. The molecule has 0 N–H and O–H groups in total. The lowest BCUT2D eigenvalue weighted by molar-refractivity contribution is 0.323. The van der Waals surface area contributed by atoms with Crippen molar-refractivity contribution in [3.8, 4) is 0 Å². The van der Waals surface area contributed by atoms with Crippen molar-refractivity contribution in [2.45, 2.75) is 33.2 Å². The summed E-state index contributed by atoms with van der Waals surface area (Å²) in [7, 11) is 0. The zero-order chi connectivity index (χ0) is 19.8. The van der Waals surface area contributed by atoms with E-state index in [1.807, 2.05) is 23.7 Å². The fourth-order valence-electron chi connectivity index (χ4n) is 4.44. The normalized spacial score (nSPS) is 18.1. The average Bonchev–Trinajstić information content (AvgIpc) is 3.36. The summed E-state index contributed by atoms with van der Waals surface area (Å²) in [5.41, 5.74) is 2.59. The molecule has 5 heterocycles. The van der Waals surface area contributed by atoms with E-state index in [0.717, 1.165) is 49.2 Å². The lowest BCUT2D eigenvalue weighted by Gasteiger charge is -2.37. The molecule has 0 spiro atoms. The van der Waals surface area contributed by atoms with Crippen molar-refractivity contribution in [3.63, 3.8) is 0 Å². The Bertz CT molecular complexity index is 987. The maximum Gasteiger partial charge on any atom is 0.146 e. The van der Waals surface area contributed by atoms with E-state index < -0.39 is 0 Å². The molecule has 2 aliphatic heterocycles. The van der Waals surface area contributed by atoms with E-state index >= 15 is 0 Å². The molecule has 152 valence electrons. The molecule has 2 aliphatic rings. The maximum atomic E-state index is 5.11. The molecule has 3 aromatic rings. The van der Waals surface area contributed by atoms with Crippen LogP contribution in [0.3, 0.4) is 0 Å². The van der Waals surface area contributed by atoms with Crippen molar-refractivity contribution in [2.24, 2.45) is 0 Å². The van der Waals surface area contributed by atoms with Gasteiger partial charge in [0.15, 0.2) is 0 Å². The summed E-state index contributed by atoms with van der Waals surface area (Å²) >= 11 is 1.81. The topological polar surface area (TPSA) is 48.4 Å². The van der Waals surface area contributed by atoms with E-state index in [-0.39, 0.29) is 0 Å². The number of hydrogen-bond donors (Lipinski definition) is 0. The molecular formula is C22H28N6S. The first-order valence-electron chi connectivity index (χ1n) is 10.6. The zero-order valence-electron chi connectivity index (χ0n) is 17.3. The highest BCUT2D eigenvalue weighted by Gasteiger charge is 2.24. The summed E-state index contributed by atoms with van der Waals surface area (Å²) in [6.45, 7) is 11.6. The molecule has 0 atom stereocenters. The van der Waals surface area contributed by atoms with Gasteiger partial charge in [-0.3, -0.25) is 9.88 Å². The average molecular weight is 409 g/mol. The SMILES string of the molecule is Cc1sc2nc(CN3CCCC3)nc(N3CCN(c4ccncc4)CC3)c2c1C. The molecule has 2 fully saturated rings. The second-order valence-corrected chi connectivity index (χ2v) is 9.29. The summed E-state index contributed by atoms with van der Waals surface area (Å²) in [4.78, 5) is 24.1. The first-order valence-corrected chi connectivity index (χ1v) is 11.4. The van der Waals surface area contributed by atoms with Crippen LogP contribution < -0.4 is 9.80 Å². The molecule has 29 heavy (non-hydrogen) atoms. The summed E-state index contributed by atoms with van der Waals surface area (Å²) in [6, 6.07) is 4.19. The number of rotatable bonds is 4. The summed E-state index contributed by atoms with van der Waals surface area (Å²) in [6.07, 6.45) is 6.34. The molecular weight excluding hydrogens is 380 g/mol. The second kappa shape index (κ2) is 7.88. The van der Waals surface area contributed by atoms with E-state index in [1.165, 1.54) is 47.4 Å². The molecule has 0 unspecified atom stereocenters. The second-order valence-electron chi connectivity index (χ2n) is 8.09. The van der Waals surface area contributed by atoms with Gasteiger partial charge in [0.25, 0.3) is 0 Å². The van der Waals surface area contributed by atoms with Gasteiger partial charge in [0, 0.05) is 49.1 Å². The third-order valence-electron chi connectivity index (χ3n) is 6.23. The van der Waals surface area contributed by atoms with Crippen molar-refractivity contribution in [2.75, 3.05) is 49.1 Å². The molecule has 2 saturated heterocycles. The first-order chi connectivity index (χ1) is 14.2. The minimum atomic E-state index is 0.871. The fourth-order valence-corrected chi connectivity index (χ4v) is 5.49. The summed E-state index contributed by atoms with van der Waals surface area (Å²) in [5, 5.41) is 1.26. The number of aromatic nitrogens is 3. The van der Waals surface area contributed by atoms with Gasteiger partial charge < -0.3 is 9.80 Å². The molecule has 7 heteroatoms. The van der Waals surface area contributed by atoms with Crippen LogP contribution in [0.1, 0.15) is 29.1 Å². The number of likely N-dealkylation sites (tertiary alicyclic amines) is 1. The number of hydrogen-bond acceptors (Lipinski definition) is 7. The monoisotopic (exact) mass is 408 g/mol. The Morgan fingerprint density at radius 1 is 0.897 bits per heavy atom. The summed E-state index contributed by atoms with van der Waals surface area (Å²) < 4.78 is 0. The van der Waals surface area contributed by atoms with Gasteiger partial charge in [0.1, 0.15) is 16.5 Å². The first kappa shape index (κ1) is 18.8. The third kappa shape index (κ3) is 3.69. The molecule has 0 bridgehead atoms. The lowest BCUT2D eigenvalue weighted by Crippen LogP contribution is -2.47. The van der Waals surface area contributed by atoms with Crippen LogP contribution in [0.5, 0.6) is 0 Å². The largest absolute Gasteiger partial charge is 0.368 e. The standard InChI is InChI=1S/C22H28N6S/c1-16-17(2)29-22-20(16)21(24-19(25-22)15-26-9-3-4-10-26)28-13-11-27(12-14-28)18-5-7-23-8-6-18/h5-8H,3-4,9-15H2,1-2H3. The van der Waals surface area contributed by atoms with Gasteiger partial charge in [-0.15, -0.1) is 11.3 Å². The van der Waals surface area contributed by atoms with Gasteiger partial charge in [-0.25, -0.2) is 9.97 Å². The van der Waals surface area contributed by atoms with Crippen LogP contribution in [-0.4, -0.2) is 59.1 Å².